The van der Waals surface area contributed by atoms with Crippen LogP contribution in [0.15, 0.2) is 88.1 Å². The van der Waals surface area contributed by atoms with Crippen molar-refractivity contribution in [2.24, 2.45) is 4.99 Å². The zero-order chi connectivity index (χ0) is 27.7. The summed E-state index contributed by atoms with van der Waals surface area (Å²) in [7, 11) is -3.58. The molecule has 1 unspecified atom stereocenters. The van der Waals surface area contributed by atoms with Crippen LogP contribution in [-0.4, -0.2) is 56.1 Å². The minimum atomic E-state index is -3.58. The summed E-state index contributed by atoms with van der Waals surface area (Å²) < 4.78 is 40.5. The van der Waals surface area contributed by atoms with E-state index in [2.05, 4.69) is 28.9 Å². The second-order valence-corrected chi connectivity index (χ2v) is 12.3. The first kappa shape index (κ1) is 26.5. The predicted octanol–water partition coefficient (Wildman–Crippen LogP) is 4.41. The van der Waals surface area contributed by atoms with Crippen LogP contribution in [0.4, 0.5) is 11.4 Å². The Morgan fingerprint density at radius 3 is 2.50 bits per heavy atom. The van der Waals surface area contributed by atoms with E-state index in [-0.39, 0.29) is 23.5 Å². The van der Waals surface area contributed by atoms with Crippen molar-refractivity contribution in [3.8, 4) is 17.0 Å². The zero-order valence-electron chi connectivity index (χ0n) is 21.8. The van der Waals surface area contributed by atoms with Crippen LogP contribution in [0.25, 0.3) is 11.3 Å². The van der Waals surface area contributed by atoms with Gasteiger partial charge in [0.15, 0.2) is 11.4 Å². The Morgan fingerprint density at radius 1 is 1.00 bits per heavy atom. The number of carbonyl (C=O) groups is 1. The number of anilines is 1. The minimum Gasteiger partial charge on any atom is -0.482 e. The molecule has 0 spiro atoms. The normalized spacial score (nSPS) is 17.1. The molecule has 0 aliphatic carbocycles. The van der Waals surface area contributed by atoms with E-state index in [1.165, 1.54) is 15.6 Å². The number of morpholine rings is 1. The third-order valence-electron chi connectivity index (χ3n) is 6.99. The van der Waals surface area contributed by atoms with E-state index in [4.69, 9.17) is 14.5 Å². The van der Waals surface area contributed by atoms with Crippen molar-refractivity contribution in [1.29, 1.82) is 0 Å². The van der Waals surface area contributed by atoms with Crippen molar-refractivity contribution in [1.82, 2.24) is 8.87 Å². The second kappa shape index (κ2) is 11.0. The van der Waals surface area contributed by atoms with Gasteiger partial charge >= 0.3 is 0 Å². The highest BCUT2D eigenvalue weighted by Crippen LogP contribution is 2.34. The molecule has 206 valence electrons. The van der Waals surface area contributed by atoms with Gasteiger partial charge in [0.1, 0.15) is 5.75 Å². The van der Waals surface area contributed by atoms with Crippen molar-refractivity contribution in [2.45, 2.75) is 17.9 Å². The number of nitrogens with zero attached hydrogens (tertiary/aromatic N) is 3. The Balaban J connectivity index is 1.40. The van der Waals surface area contributed by atoms with Gasteiger partial charge in [0.2, 0.25) is 10.0 Å². The van der Waals surface area contributed by atoms with Gasteiger partial charge in [-0.05, 0) is 55.0 Å². The summed E-state index contributed by atoms with van der Waals surface area (Å²) in [5.74, 6) is 0.452. The van der Waals surface area contributed by atoms with Gasteiger partial charge in [0.25, 0.3) is 5.91 Å². The lowest BCUT2D eigenvalue weighted by Crippen LogP contribution is -2.40. The SMILES string of the molecule is CC(c1ccccc1)n1c(-c2ccc3c(c2)NC(=O)CO3)csc1=Nc1ccc(S(=O)(=O)N2CCOCC2)cc1. The number of hydrogen-bond donors (Lipinski definition) is 1. The molecule has 1 amide bonds. The number of rotatable bonds is 6. The quantitative estimate of drug-likeness (QED) is 0.366. The minimum absolute atomic E-state index is 0.00536. The maximum Gasteiger partial charge on any atom is 0.262 e. The standard InChI is InChI=1S/C29H28N4O5S2/c1-20(21-5-3-2-4-6-21)33-26(22-7-12-27-25(17-22)31-28(34)18-38-27)19-39-29(33)30-23-8-10-24(11-9-23)40(35,36)32-13-15-37-16-14-32/h2-12,17,19-20H,13-16,18H2,1H3,(H,31,34). The van der Waals surface area contributed by atoms with Crippen LogP contribution in [-0.2, 0) is 19.6 Å². The van der Waals surface area contributed by atoms with Gasteiger partial charge < -0.3 is 19.4 Å². The highest BCUT2D eigenvalue weighted by Gasteiger charge is 2.26. The maximum absolute atomic E-state index is 13.0. The number of benzene rings is 3. The number of thiazole rings is 1. The lowest BCUT2D eigenvalue weighted by Gasteiger charge is -2.26. The van der Waals surface area contributed by atoms with Crippen molar-refractivity contribution >= 4 is 38.6 Å². The molecular weight excluding hydrogens is 548 g/mol. The van der Waals surface area contributed by atoms with E-state index < -0.39 is 10.0 Å². The molecule has 1 saturated heterocycles. The fraction of sp³-hybridized carbons (Fsp3) is 0.241. The van der Waals surface area contributed by atoms with Crippen LogP contribution >= 0.6 is 11.3 Å². The molecule has 11 heteroatoms. The summed E-state index contributed by atoms with van der Waals surface area (Å²) in [6.07, 6.45) is 0. The van der Waals surface area contributed by atoms with Crippen molar-refractivity contribution in [2.75, 3.05) is 38.2 Å². The average Bonchev–Trinajstić information content (AvgIpc) is 3.41. The first-order valence-corrected chi connectivity index (χ1v) is 15.3. The van der Waals surface area contributed by atoms with E-state index in [0.717, 1.165) is 21.6 Å². The van der Waals surface area contributed by atoms with Gasteiger partial charge in [-0.1, -0.05) is 30.3 Å². The number of sulfonamides is 1. The van der Waals surface area contributed by atoms with Crippen molar-refractivity contribution in [3.05, 3.63) is 88.5 Å². The Bertz CT molecular complexity index is 1710. The molecule has 1 atom stereocenters. The van der Waals surface area contributed by atoms with Gasteiger partial charge in [-0.2, -0.15) is 4.31 Å². The van der Waals surface area contributed by atoms with Crippen LogP contribution in [0, 0.1) is 0 Å². The van der Waals surface area contributed by atoms with Crippen molar-refractivity contribution in [3.63, 3.8) is 0 Å². The first-order chi connectivity index (χ1) is 19.4. The van der Waals surface area contributed by atoms with Crippen LogP contribution in [0.2, 0.25) is 0 Å². The van der Waals surface area contributed by atoms with E-state index in [1.807, 2.05) is 41.8 Å². The lowest BCUT2D eigenvalue weighted by atomic mass is 10.1. The van der Waals surface area contributed by atoms with E-state index in [9.17, 15) is 13.2 Å². The number of hydrogen-bond acceptors (Lipinski definition) is 7. The summed E-state index contributed by atoms with van der Waals surface area (Å²) in [6.45, 7) is 3.62. The first-order valence-electron chi connectivity index (χ1n) is 12.9. The molecule has 1 aromatic heterocycles. The Hall–Kier alpha value is -3.77. The van der Waals surface area contributed by atoms with Crippen LogP contribution in [0.3, 0.4) is 0 Å². The Kier molecular flexibility index (Phi) is 7.28. The number of ether oxygens (including phenoxy) is 2. The molecule has 1 fully saturated rings. The fourth-order valence-electron chi connectivity index (χ4n) is 4.85. The van der Waals surface area contributed by atoms with E-state index in [1.54, 1.807) is 24.3 Å². The van der Waals surface area contributed by atoms with Crippen LogP contribution in [0.5, 0.6) is 5.75 Å². The van der Waals surface area contributed by atoms with E-state index in [0.29, 0.717) is 43.4 Å². The molecule has 0 saturated carbocycles. The molecule has 9 nitrogen and oxygen atoms in total. The van der Waals surface area contributed by atoms with Crippen LogP contribution in [0.1, 0.15) is 18.5 Å². The highest BCUT2D eigenvalue weighted by atomic mass is 32.2. The smallest absolute Gasteiger partial charge is 0.262 e. The van der Waals surface area contributed by atoms with E-state index >= 15 is 0 Å². The molecular formula is C29H28N4O5S2. The Labute approximate surface area is 236 Å². The number of amides is 1. The molecule has 2 aliphatic rings. The van der Waals surface area contributed by atoms with Gasteiger partial charge in [-0.15, -0.1) is 11.3 Å². The molecule has 2 aliphatic heterocycles. The molecule has 6 rings (SSSR count). The summed E-state index contributed by atoms with van der Waals surface area (Å²) in [5, 5.41) is 4.93. The fourth-order valence-corrected chi connectivity index (χ4v) is 7.25. The molecule has 0 radical (unpaired) electrons. The largest absolute Gasteiger partial charge is 0.482 e. The molecule has 1 N–H and O–H groups in total. The maximum atomic E-state index is 13.0. The van der Waals surface area contributed by atoms with Gasteiger partial charge in [-0.3, -0.25) is 4.79 Å². The summed E-state index contributed by atoms with van der Waals surface area (Å²) >= 11 is 1.50. The lowest BCUT2D eigenvalue weighted by molar-refractivity contribution is -0.118. The van der Waals surface area contributed by atoms with Crippen LogP contribution < -0.4 is 14.9 Å². The number of nitrogens with one attached hydrogen (secondary N) is 1. The molecule has 3 heterocycles. The number of aromatic nitrogens is 1. The van der Waals surface area contributed by atoms with Gasteiger partial charge in [0, 0.05) is 24.0 Å². The molecule has 40 heavy (non-hydrogen) atoms. The van der Waals surface area contributed by atoms with Gasteiger partial charge in [0.05, 0.1) is 41.2 Å². The topological polar surface area (TPSA) is 102 Å². The van der Waals surface area contributed by atoms with Crippen molar-refractivity contribution < 1.29 is 22.7 Å². The molecule has 4 aromatic rings. The second-order valence-electron chi connectivity index (χ2n) is 9.53. The molecule has 3 aromatic carbocycles. The predicted molar refractivity (Wildman–Crippen MR) is 153 cm³/mol. The summed E-state index contributed by atoms with van der Waals surface area (Å²) in [5.41, 5.74) is 4.25. The average molecular weight is 577 g/mol. The Morgan fingerprint density at radius 2 is 1.75 bits per heavy atom. The number of fused-ring (bicyclic) bond motifs is 1. The molecule has 0 bridgehead atoms. The third-order valence-corrected chi connectivity index (χ3v) is 9.74. The monoisotopic (exact) mass is 576 g/mol. The zero-order valence-corrected chi connectivity index (χ0v) is 23.5. The number of carbonyl (C=O) groups excluding carboxylic acids is 1. The highest BCUT2D eigenvalue weighted by molar-refractivity contribution is 7.89. The summed E-state index contributed by atoms with van der Waals surface area (Å²) in [6, 6.07) is 22.5. The van der Waals surface area contributed by atoms with Gasteiger partial charge in [-0.25, -0.2) is 13.4 Å². The third kappa shape index (κ3) is 5.20. The summed E-state index contributed by atoms with van der Waals surface area (Å²) in [4.78, 5) is 17.8.